The molecule has 0 bridgehead atoms. The molecule has 1 atom stereocenters. The number of carbonyl (C=O) groups excluding carboxylic acids is 1. The number of pyridine rings is 1. The standard InChI is InChI=1S/C15H17N5O2/c1-16-14-4-2-3-12(19-14)13-10-20(7-8-22-13)15(21)11-5-6-17-18-9-11/h2-6,9,13H,7-8,10H2,1H3,(H,16,19)/t13-/m1/s1. The Balaban J connectivity index is 1.75. The Hall–Kier alpha value is -2.54. The molecular weight excluding hydrogens is 282 g/mol. The first-order chi connectivity index (χ1) is 10.8. The lowest BCUT2D eigenvalue weighted by Crippen LogP contribution is -2.42. The van der Waals surface area contributed by atoms with Gasteiger partial charge >= 0.3 is 0 Å². The van der Waals surface area contributed by atoms with Crippen molar-refractivity contribution in [3.05, 3.63) is 47.9 Å². The van der Waals surface area contributed by atoms with Crippen LogP contribution in [0.25, 0.3) is 0 Å². The predicted octanol–water partition coefficient (Wildman–Crippen LogP) is 1.13. The van der Waals surface area contributed by atoms with Gasteiger partial charge in [0.2, 0.25) is 0 Å². The molecule has 1 amide bonds. The molecule has 0 aromatic carbocycles. The van der Waals surface area contributed by atoms with Crippen molar-refractivity contribution < 1.29 is 9.53 Å². The predicted molar refractivity (Wildman–Crippen MR) is 80.4 cm³/mol. The number of nitrogens with one attached hydrogen (secondary N) is 1. The number of anilines is 1. The van der Waals surface area contributed by atoms with Crippen LogP contribution < -0.4 is 5.32 Å². The van der Waals surface area contributed by atoms with Crippen LogP contribution in [-0.4, -0.2) is 52.7 Å². The zero-order valence-corrected chi connectivity index (χ0v) is 12.3. The maximum absolute atomic E-state index is 12.5. The summed E-state index contributed by atoms with van der Waals surface area (Å²) in [6.07, 6.45) is 2.77. The van der Waals surface area contributed by atoms with E-state index in [4.69, 9.17) is 4.74 Å². The van der Waals surface area contributed by atoms with Gasteiger partial charge in [-0.3, -0.25) is 4.79 Å². The van der Waals surface area contributed by atoms with Crippen molar-refractivity contribution in [1.82, 2.24) is 20.1 Å². The topological polar surface area (TPSA) is 80.2 Å². The van der Waals surface area contributed by atoms with Crippen molar-refractivity contribution in [2.24, 2.45) is 0 Å². The van der Waals surface area contributed by atoms with Crippen molar-refractivity contribution in [3.63, 3.8) is 0 Å². The highest BCUT2D eigenvalue weighted by Crippen LogP contribution is 2.22. The number of morpholine rings is 1. The molecule has 7 heteroatoms. The largest absolute Gasteiger partial charge is 0.373 e. The van der Waals surface area contributed by atoms with E-state index in [1.54, 1.807) is 11.0 Å². The SMILES string of the molecule is CNc1cccc([C@H]2CN(C(=O)c3ccnnc3)CCO2)n1. The average molecular weight is 299 g/mol. The summed E-state index contributed by atoms with van der Waals surface area (Å²) in [5.74, 6) is 0.718. The van der Waals surface area contributed by atoms with Crippen molar-refractivity contribution in [3.8, 4) is 0 Å². The van der Waals surface area contributed by atoms with E-state index in [9.17, 15) is 4.79 Å². The molecule has 1 aliphatic heterocycles. The zero-order chi connectivity index (χ0) is 15.4. The van der Waals surface area contributed by atoms with Gasteiger partial charge in [-0.05, 0) is 18.2 Å². The fraction of sp³-hybridized carbons (Fsp3) is 0.333. The number of rotatable bonds is 3. The number of hydrogen-bond acceptors (Lipinski definition) is 6. The highest BCUT2D eigenvalue weighted by atomic mass is 16.5. The van der Waals surface area contributed by atoms with Crippen LogP contribution >= 0.6 is 0 Å². The van der Waals surface area contributed by atoms with Crippen LogP contribution in [-0.2, 0) is 4.74 Å². The van der Waals surface area contributed by atoms with E-state index in [1.165, 1.54) is 12.4 Å². The molecule has 114 valence electrons. The first-order valence-electron chi connectivity index (χ1n) is 7.10. The van der Waals surface area contributed by atoms with E-state index in [0.29, 0.717) is 25.3 Å². The maximum Gasteiger partial charge on any atom is 0.255 e. The third-order valence-corrected chi connectivity index (χ3v) is 3.54. The fourth-order valence-corrected chi connectivity index (χ4v) is 2.38. The van der Waals surface area contributed by atoms with Gasteiger partial charge in [-0.2, -0.15) is 10.2 Å². The van der Waals surface area contributed by atoms with Gasteiger partial charge in [0.1, 0.15) is 11.9 Å². The summed E-state index contributed by atoms with van der Waals surface area (Å²) in [5.41, 5.74) is 1.35. The monoisotopic (exact) mass is 299 g/mol. The highest BCUT2D eigenvalue weighted by Gasteiger charge is 2.27. The quantitative estimate of drug-likeness (QED) is 0.915. The van der Waals surface area contributed by atoms with Crippen molar-refractivity contribution >= 4 is 11.7 Å². The number of aromatic nitrogens is 3. The smallest absolute Gasteiger partial charge is 0.255 e. The van der Waals surface area contributed by atoms with Crippen LogP contribution in [0.1, 0.15) is 22.2 Å². The summed E-state index contributed by atoms with van der Waals surface area (Å²) in [5, 5.41) is 10.4. The summed E-state index contributed by atoms with van der Waals surface area (Å²) in [7, 11) is 1.82. The van der Waals surface area contributed by atoms with Crippen LogP contribution in [0.15, 0.2) is 36.7 Å². The minimum atomic E-state index is -0.221. The van der Waals surface area contributed by atoms with E-state index >= 15 is 0 Å². The Kier molecular flexibility index (Phi) is 4.24. The van der Waals surface area contributed by atoms with Gasteiger partial charge in [0.25, 0.3) is 5.91 Å². The number of nitrogens with zero attached hydrogens (tertiary/aromatic N) is 4. The van der Waals surface area contributed by atoms with Crippen molar-refractivity contribution in [2.45, 2.75) is 6.10 Å². The maximum atomic E-state index is 12.5. The molecule has 7 nitrogen and oxygen atoms in total. The minimum absolute atomic E-state index is 0.0621. The molecule has 2 aromatic heterocycles. The van der Waals surface area contributed by atoms with E-state index in [2.05, 4.69) is 20.5 Å². The Labute approximate surface area is 128 Å². The lowest BCUT2D eigenvalue weighted by atomic mass is 10.1. The summed E-state index contributed by atoms with van der Waals surface area (Å²) in [6, 6.07) is 7.39. The second-order valence-electron chi connectivity index (χ2n) is 4.94. The lowest BCUT2D eigenvalue weighted by molar-refractivity contribution is -0.0246. The molecule has 3 rings (SSSR count). The molecule has 1 fully saturated rings. The van der Waals surface area contributed by atoms with E-state index in [1.807, 2.05) is 25.2 Å². The Morgan fingerprint density at radius 1 is 1.36 bits per heavy atom. The van der Waals surface area contributed by atoms with E-state index in [-0.39, 0.29) is 12.0 Å². The number of amides is 1. The van der Waals surface area contributed by atoms with Crippen LogP contribution in [0.3, 0.4) is 0 Å². The van der Waals surface area contributed by atoms with Gasteiger partial charge in [0.15, 0.2) is 0 Å². The van der Waals surface area contributed by atoms with Gasteiger partial charge < -0.3 is 15.0 Å². The van der Waals surface area contributed by atoms with E-state index < -0.39 is 0 Å². The Bertz CT molecular complexity index is 649. The van der Waals surface area contributed by atoms with Crippen LogP contribution in [0.2, 0.25) is 0 Å². The first kappa shape index (κ1) is 14.4. The summed E-state index contributed by atoms with van der Waals surface area (Å²) in [4.78, 5) is 18.7. The van der Waals surface area contributed by atoms with Gasteiger partial charge in [0.05, 0.1) is 36.8 Å². The third kappa shape index (κ3) is 3.04. The van der Waals surface area contributed by atoms with Crippen LogP contribution in [0.5, 0.6) is 0 Å². The number of carbonyl (C=O) groups is 1. The molecule has 22 heavy (non-hydrogen) atoms. The molecule has 1 saturated heterocycles. The van der Waals surface area contributed by atoms with Gasteiger partial charge in [-0.1, -0.05) is 6.07 Å². The molecule has 3 heterocycles. The van der Waals surface area contributed by atoms with Gasteiger partial charge in [-0.25, -0.2) is 4.98 Å². The van der Waals surface area contributed by atoms with Crippen LogP contribution in [0, 0.1) is 0 Å². The lowest BCUT2D eigenvalue weighted by Gasteiger charge is -2.32. The number of hydrogen-bond donors (Lipinski definition) is 1. The molecule has 0 aliphatic carbocycles. The summed E-state index contributed by atoms with van der Waals surface area (Å²) in [6.45, 7) is 1.52. The van der Waals surface area contributed by atoms with Crippen LogP contribution in [0.4, 0.5) is 5.82 Å². The zero-order valence-electron chi connectivity index (χ0n) is 12.3. The van der Waals surface area contributed by atoms with Crippen molar-refractivity contribution in [2.75, 3.05) is 32.1 Å². The highest BCUT2D eigenvalue weighted by molar-refractivity contribution is 5.93. The Morgan fingerprint density at radius 3 is 3.05 bits per heavy atom. The average Bonchev–Trinajstić information content (AvgIpc) is 2.62. The minimum Gasteiger partial charge on any atom is -0.373 e. The normalized spacial score (nSPS) is 18.0. The fourth-order valence-electron chi connectivity index (χ4n) is 2.38. The first-order valence-corrected chi connectivity index (χ1v) is 7.10. The summed E-state index contributed by atoms with van der Waals surface area (Å²) >= 11 is 0. The third-order valence-electron chi connectivity index (χ3n) is 3.54. The molecule has 0 saturated carbocycles. The Morgan fingerprint density at radius 2 is 2.27 bits per heavy atom. The molecule has 0 unspecified atom stereocenters. The molecule has 1 aliphatic rings. The second-order valence-corrected chi connectivity index (χ2v) is 4.94. The van der Waals surface area contributed by atoms with Crippen molar-refractivity contribution in [1.29, 1.82) is 0 Å². The molecular formula is C15H17N5O2. The van der Waals surface area contributed by atoms with E-state index in [0.717, 1.165) is 11.5 Å². The number of ether oxygens (including phenoxy) is 1. The summed E-state index contributed by atoms with van der Waals surface area (Å²) < 4.78 is 5.77. The molecule has 0 spiro atoms. The molecule has 1 N–H and O–H groups in total. The van der Waals surface area contributed by atoms with Gasteiger partial charge in [-0.15, -0.1) is 0 Å². The van der Waals surface area contributed by atoms with Gasteiger partial charge in [0, 0.05) is 13.6 Å². The molecule has 0 radical (unpaired) electrons. The second kappa shape index (κ2) is 6.48. The molecule has 2 aromatic rings.